The molecule has 0 unspecified atom stereocenters. The lowest BCUT2D eigenvalue weighted by atomic mass is 10.1. The predicted molar refractivity (Wildman–Crippen MR) is 109 cm³/mol. The van der Waals surface area contributed by atoms with Gasteiger partial charge in [0.05, 0.1) is 5.69 Å². The quantitative estimate of drug-likeness (QED) is 0.448. The van der Waals surface area contributed by atoms with Crippen molar-refractivity contribution < 1.29 is 0 Å². The molecular formula is C24H17N3. The van der Waals surface area contributed by atoms with Crippen molar-refractivity contribution in [3.05, 3.63) is 109 Å². The van der Waals surface area contributed by atoms with Crippen LogP contribution in [0.1, 0.15) is 5.69 Å². The first-order chi connectivity index (χ1) is 13.3. The summed E-state index contributed by atoms with van der Waals surface area (Å²) in [5.74, 6) is 0. The first-order valence-corrected chi connectivity index (χ1v) is 8.73. The first-order valence-electron chi connectivity index (χ1n) is 8.73. The molecule has 0 atom stereocenters. The number of pyridine rings is 1. The monoisotopic (exact) mass is 347 g/mol. The lowest BCUT2D eigenvalue weighted by Gasteiger charge is -2.25. The Morgan fingerprint density at radius 3 is 1.70 bits per heavy atom. The molecule has 0 N–H and O–H groups in total. The van der Waals surface area contributed by atoms with E-state index in [0.29, 0.717) is 5.69 Å². The Balaban J connectivity index is 1.74. The zero-order chi connectivity index (χ0) is 18.5. The molecule has 0 aliphatic carbocycles. The summed E-state index contributed by atoms with van der Waals surface area (Å²) in [6.45, 7) is 0. The maximum atomic E-state index is 9.06. The summed E-state index contributed by atoms with van der Waals surface area (Å²) in [5, 5.41) is 9.06. The minimum Gasteiger partial charge on any atom is -0.311 e. The summed E-state index contributed by atoms with van der Waals surface area (Å²) in [7, 11) is 0. The summed E-state index contributed by atoms with van der Waals surface area (Å²) in [6, 6.07) is 36.4. The molecule has 0 radical (unpaired) electrons. The summed E-state index contributed by atoms with van der Waals surface area (Å²) in [5.41, 5.74) is 5.46. The van der Waals surface area contributed by atoms with E-state index in [9.17, 15) is 0 Å². The standard InChI is InChI=1S/C24H17N3/c25-18-20-8-7-13-24(26-20)19-14-16-23(17-15-19)27(21-9-3-1-4-10-21)22-11-5-2-6-12-22/h1-17H. The van der Waals surface area contributed by atoms with E-state index in [2.05, 4.69) is 52.4 Å². The number of anilines is 3. The largest absolute Gasteiger partial charge is 0.311 e. The fourth-order valence-corrected chi connectivity index (χ4v) is 3.04. The van der Waals surface area contributed by atoms with E-state index in [1.807, 2.05) is 60.7 Å². The highest BCUT2D eigenvalue weighted by molar-refractivity contribution is 5.77. The van der Waals surface area contributed by atoms with E-state index in [0.717, 1.165) is 28.3 Å². The second-order valence-corrected chi connectivity index (χ2v) is 6.07. The molecule has 0 amide bonds. The van der Waals surface area contributed by atoms with Crippen molar-refractivity contribution in [3.8, 4) is 17.3 Å². The highest BCUT2D eigenvalue weighted by Crippen LogP contribution is 2.34. The van der Waals surface area contributed by atoms with Gasteiger partial charge in [0.15, 0.2) is 0 Å². The van der Waals surface area contributed by atoms with E-state index in [-0.39, 0.29) is 0 Å². The number of nitrogens with zero attached hydrogens (tertiary/aromatic N) is 3. The number of aromatic nitrogens is 1. The predicted octanol–water partition coefficient (Wildman–Crippen LogP) is 6.09. The van der Waals surface area contributed by atoms with E-state index in [4.69, 9.17) is 5.26 Å². The maximum Gasteiger partial charge on any atom is 0.141 e. The van der Waals surface area contributed by atoms with Crippen LogP contribution in [0.3, 0.4) is 0 Å². The Morgan fingerprint density at radius 2 is 1.15 bits per heavy atom. The highest BCUT2D eigenvalue weighted by Gasteiger charge is 2.12. The van der Waals surface area contributed by atoms with Gasteiger partial charge in [-0.2, -0.15) is 5.26 Å². The van der Waals surface area contributed by atoms with Gasteiger partial charge in [0, 0.05) is 22.6 Å². The van der Waals surface area contributed by atoms with Gasteiger partial charge in [-0.05, 0) is 48.5 Å². The van der Waals surface area contributed by atoms with E-state index in [1.54, 1.807) is 6.07 Å². The molecule has 128 valence electrons. The molecule has 0 saturated carbocycles. The summed E-state index contributed by atoms with van der Waals surface area (Å²) in [4.78, 5) is 6.59. The van der Waals surface area contributed by atoms with Crippen LogP contribution < -0.4 is 4.90 Å². The summed E-state index contributed by atoms with van der Waals surface area (Å²) in [6.07, 6.45) is 0. The van der Waals surface area contributed by atoms with Crippen LogP contribution >= 0.6 is 0 Å². The lowest BCUT2D eigenvalue weighted by Crippen LogP contribution is -2.09. The van der Waals surface area contributed by atoms with Gasteiger partial charge in [-0.25, -0.2) is 4.98 Å². The van der Waals surface area contributed by atoms with Crippen molar-refractivity contribution in [1.82, 2.24) is 4.98 Å². The van der Waals surface area contributed by atoms with E-state index < -0.39 is 0 Å². The van der Waals surface area contributed by atoms with Gasteiger partial charge in [0.1, 0.15) is 11.8 Å². The molecule has 3 nitrogen and oxygen atoms in total. The topological polar surface area (TPSA) is 39.9 Å². The number of hydrogen-bond acceptors (Lipinski definition) is 3. The third-order valence-corrected chi connectivity index (χ3v) is 4.31. The number of benzene rings is 3. The van der Waals surface area contributed by atoms with Gasteiger partial charge < -0.3 is 4.90 Å². The van der Waals surface area contributed by atoms with Gasteiger partial charge >= 0.3 is 0 Å². The second-order valence-electron chi connectivity index (χ2n) is 6.07. The zero-order valence-corrected chi connectivity index (χ0v) is 14.7. The molecule has 0 bridgehead atoms. The van der Waals surface area contributed by atoms with Crippen LogP contribution in [0, 0.1) is 11.3 Å². The van der Waals surface area contributed by atoms with Crippen LogP contribution in [-0.2, 0) is 0 Å². The van der Waals surface area contributed by atoms with Crippen molar-refractivity contribution >= 4 is 17.1 Å². The number of rotatable bonds is 4. The number of nitriles is 1. The van der Waals surface area contributed by atoms with Crippen molar-refractivity contribution in [2.24, 2.45) is 0 Å². The molecule has 0 aliphatic heterocycles. The minimum atomic E-state index is 0.423. The Labute approximate surface area is 158 Å². The molecule has 0 saturated heterocycles. The van der Waals surface area contributed by atoms with Crippen molar-refractivity contribution in [2.45, 2.75) is 0 Å². The van der Waals surface area contributed by atoms with Gasteiger partial charge in [0.2, 0.25) is 0 Å². The highest BCUT2D eigenvalue weighted by atomic mass is 15.1. The van der Waals surface area contributed by atoms with Crippen molar-refractivity contribution in [2.75, 3.05) is 4.90 Å². The van der Waals surface area contributed by atoms with Crippen LogP contribution in [0.4, 0.5) is 17.1 Å². The fraction of sp³-hybridized carbons (Fsp3) is 0. The molecular weight excluding hydrogens is 330 g/mol. The zero-order valence-electron chi connectivity index (χ0n) is 14.7. The maximum absolute atomic E-state index is 9.06. The lowest BCUT2D eigenvalue weighted by molar-refractivity contribution is 1.26. The molecule has 0 aliphatic rings. The second kappa shape index (κ2) is 7.55. The smallest absolute Gasteiger partial charge is 0.141 e. The van der Waals surface area contributed by atoms with Gasteiger partial charge in [-0.15, -0.1) is 0 Å². The van der Waals surface area contributed by atoms with Crippen LogP contribution in [0.15, 0.2) is 103 Å². The van der Waals surface area contributed by atoms with Gasteiger partial charge in [-0.1, -0.05) is 54.6 Å². The Morgan fingerprint density at radius 1 is 0.593 bits per heavy atom. The molecule has 4 rings (SSSR count). The number of hydrogen-bond donors (Lipinski definition) is 0. The third kappa shape index (κ3) is 3.56. The molecule has 1 aromatic heterocycles. The SMILES string of the molecule is N#Cc1cccc(-c2ccc(N(c3ccccc3)c3ccccc3)cc2)n1. The Bertz CT molecular complexity index is 1030. The average Bonchev–Trinajstić information content (AvgIpc) is 2.76. The fourth-order valence-electron chi connectivity index (χ4n) is 3.04. The first kappa shape index (κ1) is 16.6. The van der Waals surface area contributed by atoms with Crippen LogP contribution in [0.2, 0.25) is 0 Å². The molecule has 4 aromatic rings. The number of para-hydroxylation sites is 2. The molecule has 0 fully saturated rings. The molecule has 3 heteroatoms. The summed E-state index contributed by atoms with van der Waals surface area (Å²) < 4.78 is 0. The van der Waals surface area contributed by atoms with E-state index >= 15 is 0 Å². The van der Waals surface area contributed by atoms with Crippen molar-refractivity contribution in [3.63, 3.8) is 0 Å². The van der Waals surface area contributed by atoms with Gasteiger partial charge in [0.25, 0.3) is 0 Å². The van der Waals surface area contributed by atoms with Gasteiger partial charge in [-0.3, -0.25) is 0 Å². The molecule has 27 heavy (non-hydrogen) atoms. The van der Waals surface area contributed by atoms with Crippen LogP contribution in [0.25, 0.3) is 11.3 Å². The Hall–Kier alpha value is -3.90. The normalized spacial score (nSPS) is 10.2. The van der Waals surface area contributed by atoms with Crippen molar-refractivity contribution in [1.29, 1.82) is 5.26 Å². The Kier molecular flexibility index (Phi) is 4.63. The molecule has 1 heterocycles. The minimum absolute atomic E-state index is 0.423. The van der Waals surface area contributed by atoms with Crippen LogP contribution in [-0.4, -0.2) is 4.98 Å². The average molecular weight is 347 g/mol. The summed E-state index contributed by atoms with van der Waals surface area (Å²) >= 11 is 0. The third-order valence-electron chi connectivity index (χ3n) is 4.31. The van der Waals surface area contributed by atoms with Crippen LogP contribution in [0.5, 0.6) is 0 Å². The van der Waals surface area contributed by atoms with E-state index in [1.165, 1.54) is 0 Å². The molecule has 3 aromatic carbocycles. The molecule has 0 spiro atoms.